The fourth-order valence-electron chi connectivity index (χ4n) is 2.31. The molecule has 1 fully saturated rings. The van der Waals surface area contributed by atoms with E-state index in [0.717, 1.165) is 24.5 Å². The summed E-state index contributed by atoms with van der Waals surface area (Å²) in [5.41, 5.74) is 1.08. The molecule has 104 valence electrons. The van der Waals surface area contributed by atoms with Gasteiger partial charge >= 0.3 is 0 Å². The zero-order valence-corrected chi connectivity index (χ0v) is 12.1. The lowest BCUT2D eigenvalue weighted by molar-refractivity contribution is -0.130. The molecule has 0 bridgehead atoms. The number of hydrogen-bond acceptors (Lipinski definition) is 3. The van der Waals surface area contributed by atoms with Gasteiger partial charge in [-0.15, -0.1) is 11.6 Å². The average molecular weight is 283 g/mol. The topological polar surface area (TPSA) is 32.8 Å². The highest BCUT2D eigenvalue weighted by atomic mass is 35.5. The third-order valence-corrected chi connectivity index (χ3v) is 3.54. The summed E-state index contributed by atoms with van der Waals surface area (Å²) in [4.78, 5) is 15.9. The molecule has 0 unspecified atom stereocenters. The number of carbonyl (C=O) groups is 1. The molecule has 1 saturated heterocycles. The molecule has 0 saturated carbocycles. The van der Waals surface area contributed by atoms with Crippen LogP contribution in [0, 0.1) is 0 Å². The highest BCUT2D eigenvalue weighted by molar-refractivity contribution is 6.30. The highest BCUT2D eigenvalue weighted by Crippen LogP contribution is 2.28. The highest BCUT2D eigenvalue weighted by Gasteiger charge is 2.24. The monoisotopic (exact) mass is 282 g/mol. The molecule has 0 N–H and O–H groups in total. The summed E-state index contributed by atoms with van der Waals surface area (Å²) >= 11 is 5.84. The van der Waals surface area contributed by atoms with Crippen molar-refractivity contribution in [3.8, 4) is 5.75 Å². The summed E-state index contributed by atoms with van der Waals surface area (Å²) in [5, 5.41) is -0.446. The van der Waals surface area contributed by atoms with Crippen molar-refractivity contribution in [2.45, 2.75) is 12.3 Å². The van der Waals surface area contributed by atoms with Gasteiger partial charge in [-0.2, -0.15) is 0 Å². The van der Waals surface area contributed by atoms with E-state index in [4.69, 9.17) is 16.3 Å². The smallest absolute Gasteiger partial charge is 0.240 e. The second kappa shape index (κ2) is 6.15. The number of piperazine rings is 1. The number of ether oxygens (including phenoxy) is 1. The summed E-state index contributed by atoms with van der Waals surface area (Å²) in [6.07, 6.45) is 0. The van der Waals surface area contributed by atoms with Gasteiger partial charge < -0.3 is 14.5 Å². The lowest BCUT2D eigenvalue weighted by Gasteiger charge is -2.37. The lowest BCUT2D eigenvalue weighted by Crippen LogP contribution is -2.50. The Balaban J connectivity index is 2.02. The van der Waals surface area contributed by atoms with Crippen LogP contribution >= 0.6 is 11.6 Å². The van der Waals surface area contributed by atoms with E-state index in [9.17, 15) is 4.79 Å². The van der Waals surface area contributed by atoms with Crippen LogP contribution in [-0.2, 0) is 4.79 Å². The molecule has 19 heavy (non-hydrogen) atoms. The van der Waals surface area contributed by atoms with Crippen LogP contribution < -0.4 is 9.64 Å². The predicted molar refractivity (Wildman–Crippen MR) is 77.1 cm³/mol. The minimum absolute atomic E-state index is 0.0151. The van der Waals surface area contributed by atoms with Gasteiger partial charge in [0.25, 0.3) is 0 Å². The number of benzene rings is 1. The van der Waals surface area contributed by atoms with Crippen molar-refractivity contribution in [1.82, 2.24) is 4.90 Å². The molecule has 0 spiro atoms. The zero-order chi connectivity index (χ0) is 13.8. The van der Waals surface area contributed by atoms with Gasteiger partial charge in [-0.05, 0) is 19.1 Å². The summed E-state index contributed by atoms with van der Waals surface area (Å²) in [6.45, 7) is 4.73. The Labute approximate surface area is 118 Å². The Kier molecular flexibility index (Phi) is 4.53. The average Bonchev–Trinajstić information content (AvgIpc) is 2.46. The number of methoxy groups -OCH3 is 1. The van der Waals surface area contributed by atoms with Gasteiger partial charge in [0, 0.05) is 26.2 Å². The predicted octanol–water partition coefficient (Wildman–Crippen LogP) is 1.97. The van der Waals surface area contributed by atoms with Crippen LogP contribution in [0.2, 0.25) is 0 Å². The molecule has 1 aromatic carbocycles. The van der Waals surface area contributed by atoms with E-state index in [2.05, 4.69) is 4.90 Å². The number of alkyl halides is 1. The molecule has 1 heterocycles. The molecular formula is C14H19ClN2O2. The number of carbonyl (C=O) groups excluding carboxylic acids is 1. The van der Waals surface area contributed by atoms with E-state index in [-0.39, 0.29) is 5.91 Å². The Morgan fingerprint density at radius 2 is 1.89 bits per heavy atom. The van der Waals surface area contributed by atoms with Crippen molar-refractivity contribution in [1.29, 1.82) is 0 Å². The van der Waals surface area contributed by atoms with Crippen LogP contribution in [0.3, 0.4) is 0 Å². The third kappa shape index (κ3) is 3.13. The number of nitrogens with zero attached hydrogens (tertiary/aromatic N) is 2. The van der Waals surface area contributed by atoms with Crippen molar-refractivity contribution >= 4 is 23.2 Å². The van der Waals surface area contributed by atoms with E-state index < -0.39 is 5.38 Å². The van der Waals surface area contributed by atoms with Crippen LogP contribution in [0.5, 0.6) is 5.75 Å². The standard InChI is InChI=1S/C14H19ClN2O2/c1-11(15)14(18)17-9-7-16(8-10-17)12-5-3-4-6-13(12)19-2/h3-6,11H,7-10H2,1-2H3/t11-/m0/s1. The lowest BCUT2D eigenvalue weighted by atomic mass is 10.2. The van der Waals surface area contributed by atoms with Crippen LogP contribution in [0.4, 0.5) is 5.69 Å². The molecule has 4 nitrogen and oxygen atoms in total. The van der Waals surface area contributed by atoms with E-state index in [1.54, 1.807) is 14.0 Å². The Bertz CT molecular complexity index is 443. The Morgan fingerprint density at radius 1 is 1.26 bits per heavy atom. The molecule has 1 aliphatic heterocycles. The fourth-order valence-corrected chi connectivity index (χ4v) is 2.45. The van der Waals surface area contributed by atoms with Crippen LogP contribution in [0.25, 0.3) is 0 Å². The normalized spacial score (nSPS) is 17.2. The molecule has 1 aromatic rings. The molecule has 0 radical (unpaired) electrons. The minimum Gasteiger partial charge on any atom is -0.495 e. The van der Waals surface area contributed by atoms with Gasteiger partial charge in [-0.25, -0.2) is 0 Å². The second-order valence-electron chi connectivity index (χ2n) is 4.60. The summed E-state index contributed by atoms with van der Waals surface area (Å²) in [7, 11) is 1.67. The molecule has 1 aliphatic rings. The maximum atomic E-state index is 11.8. The zero-order valence-electron chi connectivity index (χ0n) is 11.3. The molecule has 0 aromatic heterocycles. The van der Waals surface area contributed by atoms with Crippen molar-refractivity contribution < 1.29 is 9.53 Å². The van der Waals surface area contributed by atoms with Gasteiger partial charge in [0.15, 0.2) is 0 Å². The van der Waals surface area contributed by atoms with Crippen molar-refractivity contribution in [3.63, 3.8) is 0 Å². The third-order valence-electron chi connectivity index (χ3n) is 3.36. The van der Waals surface area contributed by atoms with Gasteiger partial charge in [0.2, 0.25) is 5.91 Å². The maximum absolute atomic E-state index is 11.8. The number of anilines is 1. The number of para-hydroxylation sites is 2. The van der Waals surface area contributed by atoms with E-state index in [1.165, 1.54) is 0 Å². The maximum Gasteiger partial charge on any atom is 0.240 e. The first kappa shape index (κ1) is 14.0. The van der Waals surface area contributed by atoms with Crippen LogP contribution in [0.15, 0.2) is 24.3 Å². The molecule has 1 atom stereocenters. The largest absolute Gasteiger partial charge is 0.495 e. The quantitative estimate of drug-likeness (QED) is 0.795. The van der Waals surface area contributed by atoms with E-state index in [1.807, 2.05) is 29.2 Å². The number of hydrogen-bond donors (Lipinski definition) is 0. The van der Waals surface area contributed by atoms with Gasteiger partial charge in [0.1, 0.15) is 11.1 Å². The Morgan fingerprint density at radius 3 is 2.47 bits per heavy atom. The Hall–Kier alpha value is -1.42. The van der Waals surface area contributed by atoms with E-state index in [0.29, 0.717) is 13.1 Å². The van der Waals surface area contributed by atoms with Gasteiger partial charge in [0.05, 0.1) is 12.8 Å². The van der Waals surface area contributed by atoms with Crippen molar-refractivity contribution in [2.24, 2.45) is 0 Å². The first-order chi connectivity index (χ1) is 9.13. The van der Waals surface area contributed by atoms with E-state index >= 15 is 0 Å². The first-order valence-electron chi connectivity index (χ1n) is 6.44. The molecule has 5 heteroatoms. The van der Waals surface area contributed by atoms with Crippen LogP contribution in [0.1, 0.15) is 6.92 Å². The van der Waals surface area contributed by atoms with Gasteiger partial charge in [-0.1, -0.05) is 12.1 Å². The van der Waals surface area contributed by atoms with Crippen molar-refractivity contribution in [2.75, 3.05) is 38.2 Å². The molecule has 1 amide bonds. The number of rotatable bonds is 3. The minimum atomic E-state index is -0.446. The summed E-state index contributed by atoms with van der Waals surface area (Å²) in [5.74, 6) is 0.884. The number of halogens is 1. The SMILES string of the molecule is COc1ccccc1N1CCN(C(=O)[C@H](C)Cl)CC1. The van der Waals surface area contributed by atoms with Crippen molar-refractivity contribution in [3.05, 3.63) is 24.3 Å². The van der Waals surface area contributed by atoms with Crippen LogP contribution in [-0.4, -0.2) is 49.5 Å². The molecule has 2 rings (SSSR count). The molecule has 0 aliphatic carbocycles. The second-order valence-corrected chi connectivity index (χ2v) is 5.25. The summed E-state index contributed by atoms with van der Waals surface area (Å²) < 4.78 is 5.37. The first-order valence-corrected chi connectivity index (χ1v) is 6.88. The fraction of sp³-hybridized carbons (Fsp3) is 0.500. The molecular weight excluding hydrogens is 264 g/mol. The van der Waals surface area contributed by atoms with Gasteiger partial charge in [-0.3, -0.25) is 4.79 Å². The summed E-state index contributed by atoms with van der Waals surface area (Å²) in [6, 6.07) is 7.95. The number of amides is 1.